The van der Waals surface area contributed by atoms with Crippen LogP contribution in [0.1, 0.15) is 23.2 Å². The lowest BCUT2D eigenvalue weighted by atomic mass is 9.98. The van der Waals surface area contributed by atoms with Gasteiger partial charge in [0.15, 0.2) is 5.69 Å². The maximum Gasteiger partial charge on any atom is 0.416 e. The summed E-state index contributed by atoms with van der Waals surface area (Å²) in [5.74, 6) is 5.74. The van der Waals surface area contributed by atoms with Crippen LogP contribution in [0.4, 0.5) is 24.5 Å². The van der Waals surface area contributed by atoms with E-state index in [1.807, 2.05) is 6.07 Å². The van der Waals surface area contributed by atoms with E-state index >= 15 is 0 Å². The first kappa shape index (κ1) is 20.4. The summed E-state index contributed by atoms with van der Waals surface area (Å²) < 4.78 is 40.4. The normalized spacial score (nSPS) is 11.1. The molecule has 0 bridgehead atoms. The minimum atomic E-state index is -4.56. The van der Waals surface area contributed by atoms with Crippen LogP contribution in [-0.4, -0.2) is 30.5 Å². The molecule has 0 atom stereocenters. The van der Waals surface area contributed by atoms with E-state index in [-0.39, 0.29) is 47.7 Å². The number of alkyl halides is 3. The van der Waals surface area contributed by atoms with E-state index in [0.29, 0.717) is 5.69 Å². The van der Waals surface area contributed by atoms with Gasteiger partial charge in [-0.05, 0) is 37.3 Å². The molecule has 0 aliphatic carbocycles. The van der Waals surface area contributed by atoms with Crippen molar-refractivity contribution in [2.75, 3.05) is 18.7 Å². The molecule has 1 heterocycles. The van der Waals surface area contributed by atoms with Gasteiger partial charge in [-0.3, -0.25) is 4.99 Å². The van der Waals surface area contributed by atoms with Gasteiger partial charge in [-0.1, -0.05) is 12.1 Å². The number of hydrogen-bond donors (Lipinski definition) is 2. The number of aromatic nitrogens is 1. The first-order valence-electron chi connectivity index (χ1n) is 7.94. The molecule has 0 radical (unpaired) electrons. The molecule has 0 unspecified atom stereocenters. The van der Waals surface area contributed by atoms with Crippen molar-refractivity contribution in [3.05, 3.63) is 41.1 Å². The monoisotopic (exact) mass is 377 g/mol. The van der Waals surface area contributed by atoms with E-state index in [4.69, 9.17) is 10.9 Å². The fourth-order valence-corrected chi connectivity index (χ4v) is 2.66. The molecule has 142 valence electrons. The Bertz CT molecular complexity index is 888. The number of nitriles is 1. The third-order valence-corrected chi connectivity index (χ3v) is 3.93. The number of nitrogens with two attached hydrogens (primary N) is 1. The predicted octanol–water partition coefficient (Wildman–Crippen LogP) is 3.21. The average Bonchev–Trinajstić information content (AvgIpc) is 2.64. The number of hydrazine groups is 1. The zero-order valence-corrected chi connectivity index (χ0v) is 14.6. The number of aliphatic imine (C=N–C) groups is 1. The highest BCUT2D eigenvalue weighted by molar-refractivity contribution is 5.78. The van der Waals surface area contributed by atoms with Crippen molar-refractivity contribution in [1.82, 2.24) is 4.98 Å². The molecule has 0 amide bonds. The summed E-state index contributed by atoms with van der Waals surface area (Å²) in [4.78, 5) is 7.85. The fraction of sp³-hybridized carbons (Fsp3) is 0.278. The van der Waals surface area contributed by atoms with Gasteiger partial charge in [0.2, 0.25) is 0 Å². The zero-order valence-electron chi connectivity index (χ0n) is 14.6. The number of aliphatic hydroxyl groups excluding tert-OH is 1. The molecule has 0 spiro atoms. The highest BCUT2D eigenvalue weighted by atomic mass is 19.4. The molecule has 3 N–H and O–H groups in total. The standard InChI is InChI=1S/C18H18F3N5O/c1-24-17-15(10-22)25-14(9-16(17)26(2)23)12-6-5-11(4-3-7-27)13(8-12)18(19,20)21/h5-6,8-9,27H,1,3-4,7,23H2,2H3. The molecule has 1 aromatic carbocycles. The van der Waals surface area contributed by atoms with Crippen LogP contribution in [-0.2, 0) is 12.6 Å². The molecule has 2 aromatic rings. The third-order valence-electron chi connectivity index (χ3n) is 3.93. The van der Waals surface area contributed by atoms with Crippen LogP contribution < -0.4 is 10.9 Å². The van der Waals surface area contributed by atoms with Crippen molar-refractivity contribution < 1.29 is 18.3 Å². The largest absolute Gasteiger partial charge is 0.416 e. The molecule has 0 saturated carbocycles. The topological polar surface area (TPSA) is 98.5 Å². The van der Waals surface area contributed by atoms with Crippen molar-refractivity contribution in [1.29, 1.82) is 5.26 Å². The van der Waals surface area contributed by atoms with Crippen LogP contribution in [0.5, 0.6) is 0 Å². The van der Waals surface area contributed by atoms with Gasteiger partial charge in [0.1, 0.15) is 11.8 Å². The molecule has 2 rings (SSSR count). The lowest BCUT2D eigenvalue weighted by Gasteiger charge is -2.18. The number of benzene rings is 1. The van der Waals surface area contributed by atoms with Crippen LogP contribution in [0.25, 0.3) is 11.3 Å². The van der Waals surface area contributed by atoms with Gasteiger partial charge in [-0.25, -0.2) is 10.8 Å². The first-order valence-corrected chi connectivity index (χ1v) is 7.94. The summed E-state index contributed by atoms with van der Waals surface area (Å²) >= 11 is 0. The van der Waals surface area contributed by atoms with Gasteiger partial charge in [-0.2, -0.15) is 18.4 Å². The number of nitrogens with zero attached hydrogens (tertiary/aromatic N) is 4. The van der Waals surface area contributed by atoms with Crippen LogP contribution in [0.3, 0.4) is 0 Å². The Hall–Kier alpha value is -2.96. The maximum absolute atomic E-state index is 13.5. The van der Waals surface area contributed by atoms with Gasteiger partial charge < -0.3 is 10.1 Å². The van der Waals surface area contributed by atoms with E-state index in [9.17, 15) is 18.4 Å². The van der Waals surface area contributed by atoms with Crippen molar-refractivity contribution in [2.24, 2.45) is 10.8 Å². The van der Waals surface area contributed by atoms with E-state index in [0.717, 1.165) is 6.07 Å². The molecule has 27 heavy (non-hydrogen) atoms. The number of rotatable bonds is 6. The first-order chi connectivity index (χ1) is 12.7. The Morgan fingerprint density at radius 3 is 2.59 bits per heavy atom. The summed E-state index contributed by atoms with van der Waals surface area (Å²) in [6, 6.07) is 7.14. The fourth-order valence-electron chi connectivity index (χ4n) is 2.66. The number of aryl methyl sites for hydroxylation is 1. The molecule has 0 saturated heterocycles. The molecule has 0 aliphatic rings. The van der Waals surface area contributed by atoms with Crippen LogP contribution in [0.2, 0.25) is 0 Å². The van der Waals surface area contributed by atoms with E-state index in [1.54, 1.807) is 0 Å². The summed E-state index contributed by atoms with van der Waals surface area (Å²) in [6.07, 6.45) is -4.24. The number of anilines is 1. The number of halogens is 3. The Morgan fingerprint density at radius 1 is 1.37 bits per heavy atom. The highest BCUT2D eigenvalue weighted by Gasteiger charge is 2.33. The molecule has 1 aromatic heterocycles. The maximum atomic E-state index is 13.5. The second kappa shape index (κ2) is 8.16. The minimum absolute atomic E-state index is 0.0846. The third kappa shape index (κ3) is 4.42. The van der Waals surface area contributed by atoms with Crippen molar-refractivity contribution in [3.8, 4) is 17.3 Å². The second-order valence-corrected chi connectivity index (χ2v) is 5.80. The van der Waals surface area contributed by atoms with Crippen LogP contribution in [0, 0.1) is 11.3 Å². The van der Waals surface area contributed by atoms with Crippen LogP contribution in [0.15, 0.2) is 29.3 Å². The SMILES string of the molecule is C=Nc1c(N(C)N)cc(-c2ccc(CCCO)c(C(F)(F)F)c2)nc1C#N. The van der Waals surface area contributed by atoms with Gasteiger partial charge in [0, 0.05) is 19.2 Å². The molecular weight excluding hydrogens is 359 g/mol. The molecule has 6 nitrogen and oxygen atoms in total. The zero-order chi connectivity index (χ0) is 20.2. The lowest BCUT2D eigenvalue weighted by Crippen LogP contribution is -2.25. The molecule has 9 heteroatoms. The highest BCUT2D eigenvalue weighted by Crippen LogP contribution is 2.37. The van der Waals surface area contributed by atoms with Crippen molar-refractivity contribution in [3.63, 3.8) is 0 Å². The Kier molecular flexibility index (Phi) is 6.15. The Morgan fingerprint density at radius 2 is 2.07 bits per heavy atom. The van der Waals surface area contributed by atoms with Gasteiger partial charge in [-0.15, -0.1) is 0 Å². The van der Waals surface area contributed by atoms with Crippen LogP contribution >= 0.6 is 0 Å². The Balaban J connectivity index is 2.66. The van der Waals surface area contributed by atoms with Gasteiger partial charge in [0.25, 0.3) is 0 Å². The van der Waals surface area contributed by atoms with E-state index < -0.39 is 11.7 Å². The van der Waals surface area contributed by atoms with Crippen molar-refractivity contribution in [2.45, 2.75) is 19.0 Å². The van der Waals surface area contributed by atoms with E-state index in [1.165, 1.54) is 30.3 Å². The number of pyridine rings is 1. The van der Waals surface area contributed by atoms with Gasteiger partial charge in [0.05, 0.1) is 16.9 Å². The smallest absolute Gasteiger partial charge is 0.396 e. The Labute approximate surface area is 154 Å². The molecular formula is C18H18F3N5O. The molecule has 0 aliphatic heterocycles. The number of hydrogen-bond acceptors (Lipinski definition) is 6. The lowest BCUT2D eigenvalue weighted by molar-refractivity contribution is -0.138. The quantitative estimate of drug-likeness (QED) is 0.458. The summed E-state index contributed by atoms with van der Waals surface area (Å²) in [5, 5.41) is 19.4. The van der Waals surface area contributed by atoms with E-state index in [2.05, 4.69) is 16.7 Å². The summed E-state index contributed by atoms with van der Waals surface area (Å²) in [7, 11) is 1.51. The van der Waals surface area contributed by atoms with Crippen molar-refractivity contribution >= 4 is 18.1 Å². The number of aliphatic hydroxyl groups is 1. The summed E-state index contributed by atoms with van der Waals surface area (Å²) in [6.45, 7) is 3.18. The average molecular weight is 377 g/mol. The second-order valence-electron chi connectivity index (χ2n) is 5.80. The summed E-state index contributed by atoms with van der Waals surface area (Å²) in [5.41, 5.74) is -0.00142. The minimum Gasteiger partial charge on any atom is -0.396 e. The predicted molar refractivity (Wildman–Crippen MR) is 96.6 cm³/mol. The van der Waals surface area contributed by atoms with Gasteiger partial charge >= 0.3 is 6.18 Å². The molecule has 0 fully saturated rings.